The number of hydrogen-bond donors (Lipinski definition) is 0. The summed E-state index contributed by atoms with van der Waals surface area (Å²) < 4.78 is 0. The van der Waals surface area contributed by atoms with Crippen LogP contribution in [0.15, 0.2) is 119 Å². The average Bonchev–Trinajstić information content (AvgIpc) is 2.80. The molecule has 0 aromatic heterocycles. The van der Waals surface area contributed by atoms with E-state index >= 15 is 0 Å². The second-order valence-corrected chi connectivity index (χ2v) is 7.23. The predicted molar refractivity (Wildman–Crippen MR) is 128 cm³/mol. The first-order chi connectivity index (χ1) is 14.7. The van der Waals surface area contributed by atoms with Crippen molar-refractivity contribution >= 4 is 22.8 Å². The third-order valence-electron chi connectivity index (χ3n) is 4.98. The second kappa shape index (κ2) is 9.15. The van der Waals surface area contributed by atoms with E-state index in [0.29, 0.717) is 0 Å². The van der Waals surface area contributed by atoms with Crippen molar-refractivity contribution in [2.45, 2.75) is 13.8 Å². The van der Waals surface area contributed by atoms with Crippen LogP contribution in [0.4, 0.5) is 11.4 Å². The van der Waals surface area contributed by atoms with Gasteiger partial charge >= 0.3 is 0 Å². The molecular weight excluding hydrogens is 364 g/mol. The maximum atomic E-state index is 5.19. The van der Waals surface area contributed by atoms with Gasteiger partial charge in [0.25, 0.3) is 0 Å². The summed E-state index contributed by atoms with van der Waals surface area (Å²) in [5.41, 5.74) is 7.99. The van der Waals surface area contributed by atoms with Crippen LogP contribution in [0, 0.1) is 13.8 Å². The molecule has 0 aliphatic rings. The molecule has 0 saturated carbocycles. The van der Waals surface area contributed by atoms with Crippen LogP contribution in [-0.4, -0.2) is 11.4 Å². The van der Waals surface area contributed by atoms with Crippen molar-refractivity contribution < 1.29 is 0 Å². The van der Waals surface area contributed by atoms with E-state index < -0.39 is 0 Å². The van der Waals surface area contributed by atoms with E-state index in [1.54, 1.807) is 0 Å². The Morgan fingerprint density at radius 2 is 0.900 bits per heavy atom. The van der Waals surface area contributed by atoms with Gasteiger partial charge in [0.15, 0.2) is 0 Å². The maximum absolute atomic E-state index is 5.19. The zero-order valence-corrected chi connectivity index (χ0v) is 17.3. The summed E-state index contributed by atoms with van der Waals surface area (Å²) in [6, 6.07) is 36.9. The SMILES string of the molecule is Cc1cccc(C)c1N=C(C(=Nc1ccccc1)c1ccccc1)c1ccccc1. The summed E-state index contributed by atoms with van der Waals surface area (Å²) in [5.74, 6) is 0. The monoisotopic (exact) mass is 388 g/mol. The second-order valence-electron chi connectivity index (χ2n) is 7.23. The smallest absolute Gasteiger partial charge is 0.0972 e. The largest absolute Gasteiger partial charge is 0.246 e. The molecule has 30 heavy (non-hydrogen) atoms. The van der Waals surface area contributed by atoms with Gasteiger partial charge in [-0.3, -0.25) is 0 Å². The topological polar surface area (TPSA) is 24.7 Å². The molecule has 0 unspecified atom stereocenters. The molecule has 2 nitrogen and oxygen atoms in total. The minimum absolute atomic E-state index is 0.857. The van der Waals surface area contributed by atoms with Crippen molar-refractivity contribution in [2.75, 3.05) is 0 Å². The normalized spacial score (nSPS) is 12.1. The summed E-state index contributed by atoms with van der Waals surface area (Å²) in [7, 11) is 0. The highest BCUT2D eigenvalue weighted by molar-refractivity contribution is 6.54. The lowest BCUT2D eigenvalue weighted by Gasteiger charge is -2.14. The van der Waals surface area contributed by atoms with Crippen LogP contribution in [0.25, 0.3) is 0 Å². The number of para-hydroxylation sites is 2. The molecule has 0 aliphatic carbocycles. The fourth-order valence-corrected chi connectivity index (χ4v) is 3.43. The molecule has 0 saturated heterocycles. The van der Waals surface area contributed by atoms with Crippen LogP contribution in [-0.2, 0) is 0 Å². The number of rotatable bonds is 5. The van der Waals surface area contributed by atoms with Gasteiger partial charge < -0.3 is 0 Å². The fourth-order valence-electron chi connectivity index (χ4n) is 3.43. The molecule has 0 N–H and O–H groups in total. The van der Waals surface area contributed by atoms with Gasteiger partial charge in [0.1, 0.15) is 0 Å². The zero-order chi connectivity index (χ0) is 20.8. The van der Waals surface area contributed by atoms with Gasteiger partial charge in [-0.1, -0.05) is 97.1 Å². The van der Waals surface area contributed by atoms with Gasteiger partial charge in [-0.2, -0.15) is 0 Å². The highest BCUT2D eigenvalue weighted by atomic mass is 14.8. The van der Waals surface area contributed by atoms with Crippen LogP contribution >= 0.6 is 0 Å². The van der Waals surface area contributed by atoms with Gasteiger partial charge in [0, 0.05) is 11.1 Å². The molecule has 0 aliphatic heterocycles. The molecule has 0 bridgehead atoms. The fraction of sp³-hybridized carbons (Fsp3) is 0.0714. The van der Waals surface area contributed by atoms with Crippen LogP contribution in [0.2, 0.25) is 0 Å². The van der Waals surface area contributed by atoms with Crippen LogP contribution in [0.1, 0.15) is 22.3 Å². The minimum Gasteiger partial charge on any atom is -0.246 e. The van der Waals surface area contributed by atoms with E-state index in [-0.39, 0.29) is 0 Å². The van der Waals surface area contributed by atoms with E-state index in [1.807, 2.05) is 66.7 Å². The zero-order valence-electron chi connectivity index (χ0n) is 17.3. The Balaban J connectivity index is 1.99. The van der Waals surface area contributed by atoms with Crippen molar-refractivity contribution in [3.05, 3.63) is 131 Å². The predicted octanol–water partition coefficient (Wildman–Crippen LogP) is 7.25. The summed E-state index contributed by atoms with van der Waals surface area (Å²) in [6.45, 7) is 4.20. The Labute approximate surface area is 178 Å². The van der Waals surface area contributed by atoms with Gasteiger partial charge in [0.05, 0.1) is 22.8 Å². The van der Waals surface area contributed by atoms with Crippen LogP contribution in [0.3, 0.4) is 0 Å². The Morgan fingerprint density at radius 1 is 0.467 bits per heavy atom. The number of benzene rings is 4. The summed E-state index contributed by atoms with van der Waals surface area (Å²) in [6.07, 6.45) is 0. The lowest BCUT2D eigenvalue weighted by molar-refractivity contribution is 1.33. The van der Waals surface area contributed by atoms with Crippen LogP contribution in [0.5, 0.6) is 0 Å². The Hall–Kier alpha value is -3.78. The molecule has 0 radical (unpaired) electrons. The first-order valence-corrected chi connectivity index (χ1v) is 10.1. The number of hydrogen-bond acceptors (Lipinski definition) is 2. The lowest BCUT2D eigenvalue weighted by Crippen LogP contribution is -2.17. The summed E-state index contributed by atoms with van der Waals surface area (Å²) in [5, 5.41) is 0. The lowest BCUT2D eigenvalue weighted by atomic mass is 9.98. The molecule has 0 spiro atoms. The van der Waals surface area contributed by atoms with Gasteiger partial charge in [-0.05, 0) is 37.1 Å². The van der Waals surface area contributed by atoms with E-state index in [0.717, 1.165) is 45.1 Å². The van der Waals surface area contributed by atoms with Gasteiger partial charge in [-0.15, -0.1) is 0 Å². The Bertz CT molecular complexity index is 1160. The van der Waals surface area contributed by atoms with Crippen molar-refractivity contribution in [1.29, 1.82) is 0 Å². The van der Waals surface area contributed by atoms with E-state index in [9.17, 15) is 0 Å². The first kappa shape index (κ1) is 19.5. The molecule has 2 heteroatoms. The first-order valence-electron chi connectivity index (χ1n) is 10.1. The number of aryl methyl sites for hydroxylation is 2. The molecule has 0 amide bonds. The Kier molecular flexibility index (Phi) is 5.95. The number of aliphatic imine (C=N–C) groups is 2. The van der Waals surface area contributed by atoms with E-state index in [2.05, 4.69) is 56.3 Å². The van der Waals surface area contributed by atoms with Gasteiger partial charge in [-0.25, -0.2) is 9.98 Å². The van der Waals surface area contributed by atoms with E-state index in [1.165, 1.54) is 0 Å². The highest BCUT2D eigenvalue weighted by Gasteiger charge is 2.16. The summed E-state index contributed by atoms with van der Waals surface area (Å²) in [4.78, 5) is 10.2. The van der Waals surface area contributed by atoms with Gasteiger partial charge in [0.2, 0.25) is 0 Å². The number of nitrogens with zero attached hydrogens (tertiary/aromatic N) is 2. The molecular formula is C28H24N2. The van der Waals surface area contributed by atoms with Crippen molar-refractivity contribution in [2.24, 2.45) is 9.98 Å². The highest BCUT2D eigenvalue weighted by Crippen LogP contribution is 2.26. The molecule has 4 aromatic carbocycles. The third-order valence-corrected chi connectivity index (χ3v) is 4.98. The maximum Gasteiger partial charge on any atom is 0.0972 e. The molecule has 0 atom stereocenters. The molecule has 0 fully saturated rings. The quantitative estimate of drug-likeness (QED) is 0.322. The summed E-state index contributed by atoms with van der Waals surface area (Å²) >= 11 is 0. The molecule has 4 rings (SSSR count). The third kappa shape index (κ3) is 4.44. The standard InChI is InChI=1S/C28H24N2/c1-21-13-12-14-22(2)26(21)30-28(24-17-8-4-9-18-24)27(23-15-6-3-7-16-23)29-25-19-10-5-11-20-25/h3-20H,1-2H3. The average molecular weight is 389 g/mol. The molecule has 0 heterocycles. The van der Waals surface area contributed by atoms with Crippen molar-refractivity contribution in [1.82, 2.24) is 0 Å². The molecule has 4 aromatic rings. The minimum atomic E-state index is 0.857. The van der Waals surface area contributed by atoms with Crippen molar-refractivity contribution in [3.8, 4) is 0 Å². The van der Waals surface area contributed by atoms with Crippen LogP contribution < -0.4 is 0 Å². The van der Waals surface area contributed by atoms with Crippen molar-refractivity contribution in [3.63, 3.8) is 0 Å². The molecule has 146 valence electrons. The van der Waals surface area contributed by atoms with E-state index in [4.69, 9.17) is 9.98 Å². The Morgan fingerprint density at radius 3 is 1.40 bits per heavy atom.